The van der Waals surface area contributed by atoms with Gasteiger partial charge in [0.25, 0.3) is 0 Å². The fourth-order valence-corrected chi connectivity index (χ4v) is 2.69. The normalized spacial score (nSPS) is 11.2. The maximum atomic E-state index is 13.3. The van der Waals surface area contributed by atoms with Gasteiger partial charge in [-0.15, -0.1) is 10.2 Å². The Bertz CT molecular complexity index is 1030. The zero-order chi connectivity index (χ0) is 16.5. The Hall–Kier alpha value is -3.22. The molecule has 24 heavy (non-hydrogen) atoms. The van der Waals surface area contributed by atoms with Crippen molar-refractivity contribution in [3.63, 3.8) is 0 Å². The number of hydrogen-bond acceptors (Lipinski definition) is 4. The predicted octanol–water partition coefficient (Wildman–Crippen LogP) is 2.49. The molecule has 0 aliphatic heterocycles. The molecule has 0 saturated carbocycles. The Morgan fingerprint density at radius 1 is 1.12 bits per heavy atom. The Morgan fingerprint density at radius 2 is 1.92 bits per heavy atom. The molecule has 120 valence electrons. The zero-order valence-corrected chi connectivity index (χ0v) is 12.6. The van der Waals surface area contributed by atoms with E-state index in [1.54, 1.807) is 10.6 Å². The van der Waals surface area contributed by atoms with E-state index in [4.69, 9.17) is 4.42 Å². The van der Waals surface area contributed by atoms with Crippen molar-refractivity contribution in [2.45, 2.75) is 13.0 Å². The van der Waals surface area contributed by atoms with Gasteiger partial charge in [0, 0.05) is 0 Å². The predicted molar refractivity (Wildman–Crippen MR) is 85.2 cm³/mol. The highest BCUT2D eigenvalue weighted by molar-refractivity contribution is 5.75. The SMILES string of the molecule is O=c1[nH]c2cc(F)ccc2n1Cc1ccc(Cc2nnco2)cc1. The molecule has 0 amide bonds. The first-order valence-corrected chi connectivity index (χ1v) is 7.40. The monoisotopic (exact) mass is 324 g/mol. The average molecular weight is 324 g/mol. The minimum absolute atomic E-state index is 0.259. The van der Waals surface area contributed by atoms with E-state index in [0.29, 0.717) is 29.9 Å². The van der Waals surface area contributed by atoms with Crippen LogP contribution in [0.2, 0.25) is 0 Å². The molecule has 7 heteroatoms. The molecule has 0 atom stereocenters. The van der Waals surface area contributed by atoms with E-state index in [0.717, 1.165) is 11.1 Å². The molecule has 6 nitrogen and oxygen atoms in total. The molecule has 0 aliphatic rings. The molecule has 2 aromatic carbocycles. The third-order valence-electron chi connectivity index (χ3n) is 3.86. The van der Waals surface area contributed by atoms with E-state index in [9.17, 15) is 9.18 Å². The molecule has 0 radical (unpaired) electrons. The van der Waals surface area contributed by atoms with Crippen LogP contribution in [0.5, 0.6) is 0 Å². The molecule has 4 rings (SSSR count). The summed E-state index contributed by atoms with van der Waals surface area (Å²) in [5.74, 6) is 0.180. The largest absolute Gasteiger partial charge is 0.428 e. The lowest BCUT2D eigenvalue weighted by molar-refractivity contribution is 0.505. The molecule has 0 saturated heterocycles. The molecular weight excluding hydrogens is 311 g/mol. The minimum atomic E-state index is -0.374. The van der Waals surface area contributed by atoms with Crippen LogP contribution in [0.15, 0.2) is 58.1 Å². The van der Waals surface area contributed by atoms with Crippen LogP contribution in [-0.2, 0) is 13.0 Å². The average Bonchev–Trinajstić information content (AvgIpc) is 3.17. The lowest BCUT2D eigenvalue weighted by Crippen LogP contribution is -2.17. The van der Waals surface area contributed by atoms with Crippen LogP contribution in [0, 0.1) is 5.82 Å². The minimum Gasteiger partial charge on any atom is -0.428 e. The first kappa shape index (κ1) is 14.4. The van der Waals surface area contributed by atoms with Crippen molar-refractivity contribution in [1.29, 1.82) is 0 Å². The van der Waals surface area contributed by atoms with Gasteiger partial charge >= 0.3 is 5.69 Å². The number of halogens is 1. The van der Waals surface area contributed by atoms with Gasteiger partial charge in [-0.1, -0.05) is 24.3 Å². The molecular formula is C17H13FN4O2. The van der Waals surface area contributed by atoms with Crippen LogP contribution in [-0.4, -0.2) is 19.7 Å². The summed E-state index contributed by atoms with van der Waals surface area (Å²) in [5.41, 5.74) is 2.92. The summed E-state index contributed by atoms with van der Waals surface area (Å²) in [6, 6.07) is 12.1. The number of fused-ring (bicyclic) bond motifs is 1. The zero-order valence-electron chi connectivity index (χ0n) is 12.6. The number of nitrogens with one attached hydrogen (secondary N) is 1. The van der Waals surface area contributed by atoms with Gasteiger partial charge in [0.2, 0.25) is 12.3 Å². The van der Waals surface area contributed by atoms with Crippen LogP contribution in [0.1, 0.15) is 17.0 Å². The summed E-state index contributed by atoms with van der Waals surface area (Å²) < 4.78 is 20.0. The Kier molecular flexibility index (Phi) is 3.45. The molecule has 4 aromatic rings. The first-order valence-electron chi connectivity index (χ1n) is 7.40. The highest BCUT2D eigenvalue weighted by Crippen LogP contribution is 2.15. The van der Waals surface area contributed by atoms with E-state index in [2.05, 4.69) is 15.2 Å². The standard InChI is InChI=1S/C17H13FN4O2/c18-13-5-6-15-14(8-13)20-17(23)22(15)9-12-3-1-11(2-4-12)7-16-21-19-10-24-16/h1-6,8,10H,7,9H2,(H,20,23). The lowest BCUT2D eigenvalue weighted by Gasteiger charge is -2.05. The number of imidazole rings is 1. The van der Waals surface area contributed by atoms with Crippen molar-refractivity contribution in [3.05, 3.63) is 82.2 Å². The van der Waals surface area contributed by atoms with Gasteiger partial charge in [-0.25, -0.2) is 9.18 Å². The third-order valence-corrected chi connectivity index (χ3v) is 3.86. The molecule has 0 unspecified atom stereocenters. The second kappa shape index (κ2) is 5.77. The number of hydrogen-bond donors (Lipinski definition) is 1. The molecule has 2 aromatic heterocycles. The molecule has 0 bridgehead atoms. The van der Waals surface area contributed by atoms with E-state index in [1.807, 2.05) is 24.3 Å². The molecule has 0 fully saturated rings. The van der Waals surface area contributed by atoms with Gasteiger partial charge < -0.3 is 9.40 Å². The number of H-pyrrole nitrogens is 1. The van der Waals surface area contributed by atoms with Crippen molar-refractivity contribution in [2.24, 2.45) is 0 Å². The van der Waals surface area contributed by atoms with Crippen molar-refractivity contribution in [2.75, 3.05) is 0 Å². The van der Waals surface area contributed by atoms with E-state index >= 15 is 0 Å². The van der Waals surface area contributed by atoms with Crippen molar-refractivity contribution >= 4 is 11.0 Å². The van der Waals surface area contributed by atoms with E-state index in [-0.39, 0.29) is 11.5 Å². The summed E-state index contributed by atoms with van der Waals surface area (Å²) in [6.45, 7) is 0.408. The van der Waals surface area contributed by atoms with E-state index in [1.165, 1.54) is 18.5 Å². The highest BCUT2D eigenvalue weighted by Gasteiger charge is 2.08. The Balaban J connectivity index is 1.59. The highest BCUT2D eigenvalue weighted by atomic mass is 19.1. The maximum absolute atomic E-state index is 13.3. The van der Waals surface area contributed by atoms with Crippen LogP contribution in [0.4, 0.5) is 4.39 Å². The number of aromatic nitrogens is 4. The second-order valence-corrected chi connectivity index (χ2v) is 5.50. The van der Waals surface area contributed by atoms with Gasteiger partial charge in [0.05, 0.1) is 24.0 Å². The summed E-state index contributed by atoms with van der Waals surface area (Å²) in [4.78, 5) is 14.8. The summed E-state index contributed by atoms with van der Waals surface area (Å²) in [5, 5.41) is 7.50. The number of rotatable bonds is 4. The molecule has 0 spiro atoms. The fourth-order valence-electron chi connectivity index (χ4n) is 2.69. The topological polar surface area (TPSA) is 76.7 Å². The quantitative estimate of drug-likeness (QED) is 0.626. The number of nitrogens with zero attached hydrogens (tertiary/aromatic N) is 3. The van der Waals surface area contributed by atoms with Gasteiger partial charge in [-0.05, 0) is 29.3 Å². The molecule has 0 aliphatic carbocycles. The van der Waals surface area contributed by atoms with Crippen molar-refractivity contribution in [3.8, 4) is 0 Å². The van der Waals surface area contributed by atoms with Gasteiger partial charge in [-0.2, -0.15) is 0 Å². The van der Waals surface area contributed by atoms with Crippen molar-refractivity contribution < 1.29 is 8.81 Å². The van der Waals surface area contributed by atoms with Crippen LogP contribution < -0.4 is 5.69 Å². The Morgan fingerprint density at radius 3 is 2.67 bits per heavy atom. The van der Waals surface area contributed by atoms with Gasteiger partial charge in [-0.3, -0.25) is 4.57 Å². The maximum Gasteiger partial charge on any atom is 0.326 e. The summed E-state index contributed by atoms with van der Waals surface area (Å²) in [6.07, 6.45) is 1.86. The fraction of sp³-hybridized carbons (Fsp3) is 0.118. The number of aromatic amines is 1. The summed E-state index contributed by atoms with van der Waals surface area (Å²) >= 11 is 0. The van der Waals surface area contributed by atoms with E-state index < -0.39 is 0 Å². The van der Waals surface area contributed by atoms with Crippen LogP contribution in [0.25, 0.3) is 11.0 Å². The summed E-state index contributed by atoms with van der Waals surface area (Å²) in [7, 11) is 0. The third kappa shape index (κ3) is 2.71. The first-order chi connectivity index (χ1) is 11.7. The van der Waals surface area contributed by atoms with Crippen LogP contribution in [0.3, 0.4) is 0 Å². The smallest absolute Gasteiger partial charge is 0.326 e. The van der Waals surface area contributed by atoms with Gasteiger partial charge in [0.15, 0.2) is 0 Å². The molecule has 1 N–H and O–H groups in total. The van der Waals surface area contributed by atoms with Crippen molar-refractivity contribution in [1.82, 2.24) is 19.7 Å². The second-order valence-electron chi connectivity index (χ2n) is 5.50. The lowest BCUT2D eigenvalue weighted by atomic mass is 10.1. The van der Waals surface area contributed by atoms with Gasteiger partial charge in [0.1, 0.15) is 5.82 Å². The van der Waals surface area contributed by atoms with Crippen LogP contribution >= 0.6 is 0 Å². The number of benzene rings is 2. The molecule has 2 heterocycles. The Labute approximate surface area is 135 Å².